The molecular formula is C17H27NO2. The molecule has 0 radical (unpaired) electrons. The van der Waals surface area contributed by atoms with Crippen molar-refractivity contribution in [3.8, 4) is 5.75 Å². The van der Waals surface area contributed by atoms with Gasteiger partial charge in [0.15, 0.2) is 0 Å². The van der Waals surface area contributed by atoms with Gasteiger partial charge in [0.2, 0.25) is 0 Å². The topological polar surface area (TPSA) is 32.7 Å². The molecule has 1 N–H and O–H groups in total. The minimum Gasteiger partial charge on any atom is -0.493 e. The van der Waals surface area contributed by atoms with Crippen LogP contribution in [0, 0.1) is 5.92 Å². The number of piperidine rings is 1. The van der Waals surface area contributed by atoms with E-state index in [0.717, 1.165) is 30.3 Å². The van der Waals surface area contributed by atoms with Gasteiger partial charge in [0.25, 0.3) is 0 Å². The molecular weight excluding hydrogens is 250 g/mol. The maximum absolute atomic E-state index is 10.5. The lowest BCUT2D eigenvalue weighted by molar-refractivity contribution is 0.0867. The lowest BCUT2D eigenvalue weighted by atomic mass is 9.94. The van der Waals surface area contributed by atoms with Crippen LogP contribution < -0.4 is 4.74 Å². The highest BCUT2D eigenvalue weighted by molar-refractivity contribution is 5.35. The molecule has 1 fully saturated rings. The smallest absolute Gasteiger partial charge is 0.125 e. The summed E-state index contributed by atoms with van der Waals surface area (Å²) in [5, 5.41) is 10.5. The Balaban J connectivity index is 1.93. The van der Waals surface area contributed by atoms with Crippen LogP contribution in [0.3, 0.4) is 0 Å². The van der Waals surface area contributed by atoms with Crippen molar-refractivity contribution in [2.24, 2.45) is 5.92 Å². The molecule has 2 rings (SSSR count). The van der Waals surface area contributed by atoms with Gasteiger partial charge in [-0.05, 0) is 44.8 Å². The van der Waals surface area contributed by atoms with Gasteiger partial charge in [0.1, 0.15) is 5.75 Å². The Kier molecular flexibility index (Phi) is 5.86. The summed E-state index contributed by atoms with van der Waals surface area (Å²) in [4.78, 5) is 2.37. The highest BCUT2D eigenvalue weighted by Crippen LogP contribution is 2.27. The maximum Gasteiger partial charge on any atom is 0.125 e. The molecule has 20 heavy (non-hydrogen) atoms. The first kappa shape index (κ1) is 15.3. The predicted octanol–water partition coefficient (Wildman–Crippen LogP) is 3.24. The van der Waals surface area contributed by atoms with Crippen LogP contribution in [0.25, 0.3) is 0 Å². The predicted molar refractivity (Wildman–Crippen MR) is 82.0 cm³/mol. The van der Waals surface area contributed by atoms with Crippen molar-refractivity contribution in [1.82, 2.24) is 4.90 Å². The summed E-state index contributed by atoms with van der Waals surface area (Å²) in [6, 6.07) is 7.82. The normalized spacial score (nSPS) is 18.9. The summed E-state index contributed by atoms with van der Waals surface area (Å²) >= 11 is 0. The number of aliphatic hydroxyl groups excluding tert-OH is 1. The monoisotopic (exact) mass is 277 g/mol. The van der Waals surface area contributed by atoms with Gasteiger partial charge in [-0.15, -0.1) is 0 Å². The maximum atomic E-state index is 10.5. The van der Waals surface area contributed by atoms with E-state index in [1.165, 1.54) is 19.3 Å². The van der Waals surface area contributed by atoms with Gasteiger partial charge in [-0.2, -0.15) is 0 Å². The van der Waals surface area contributed by atoms with Crippen LogP contribution in [0.4, 0.5) is 0 Å². The third-order valence-corrected chi connectivity index (χ3v) is 4.29. The Labute approximate surface area is 122 Å². The molecule has 0 spiro atoms. The third kappa shape index (κ3) is 3.97. The molecule has 1 aliphatic rings. The van der Waals surface area contributed by atoms with Crippen LogP contribution in [0.2, 0.25) is 0 Å². The molecule has 0 aliphatic carbocycles. The molecule has 3 nitrogen and oxygen atoms in total. The molecule has 1 aliphatic heterocycles. The van der Waals surface area contributed by atoms with E-state index in [2.05, 4.69) is 11.8 Å². The third-order valence-electron chi connectivity index (χ3n) is 4.29. The van der Waals surface area contributed by atoms with Crippen molar-refractivity contribution >= 4 is 0 Å². The van der Waals surface area contributed by atoms with E-state index in [0.29, 0.717) is 13.2 Å². The van der Waals surface area contributed by atoms with Crippen LogP contribution in [-0.2, 0) is 0 Å². The number of nitrogens with zero attached hydrogens (tertiary/aromatic N) is 1. The molecule has 1 aromatic carbocycles. The van der Waals surface area contributed by atoms with Crippen LogP contribution in [0.5, 0.6) is 5.75 Å². The Morgan fingerprint density at radius 3 is 2.60 bits per heavy atom. The summed E-state index contributed by atoms with van der Waals surface area (Å²) in [6.07, 6.45) is 3.34. The summed E-state index contributed by atoms with van der Waals surface area (Å²) < 4.78 is 5.60. The molecule has 1 atom stereocenters. The van der Waals surface area contributed by atoms with Crippen molar-refractivity contribution in [2.45, 2.75) is 39.2 Å². The molecule has 1 aromatic rings. The van der Waals surface area contributed by atoms with Crippen molar-refractivity contribution in [2.75, 3.05) is 26.2 Å². The van der Waals surface area contributed by atoms with Gasteiger partial charge in [-0.1, -0.05) is 31.5 Å². The second-order valence-electron chi connectivity index (χ2n) is 5.64. The summed E-state index contributed by atoms with van der Waals surface area (Å²) in [7, 11) is 0. The first-order valence-corrected chi connectivity index (χ1v) is 7.86. The average molecular weight is 277 g/mol. The molecule has 1 heterocycles. The highest BCUT2D eigenvalue weighted by Gasteiger charge is 2.21. The Morgan fingerprint density at radius 1 is 1.25 bits per heavy atom. The van der Waals surface area contributed by atoms with Crippen LogP contribution >= 0.6 is 0 Å². The van der Waals surface area contributed by atoms with Crippen molar-refractivity contribution in [3.05, 3.63) is 29.8 Å². The minimum absolute atomic E-state index is 0.462. The van der Waals surface area contributed by atoms with Crippen molar-refractivity contribution in [1.29, 1.82) is 0 Å². The largest absolute Gasteiger partial charge is 0.493 e. The first-order valence-electron chi connectivity index (χ1n) is 7.86. The number of rotatable bonds is 6. The SMILES string of the molecule is CCOc1ccccc1C(O)CN1CCC(CC)CC1. The van der Waals surface area contributed by atoms with Gasteiger partial charge < -0.3 is 14.7 Å². The van der Waals surface area contributed by atoms with Crippen molar-refractivity contribution in [3.63, 3.8) is 0 Å². The number of ether oxygens (including phenoxy) is 1. The zero-order chi connectivity index (χ0) is 14.4. The number of para-hydroxylation sites is 1. The standard InChI is InChI=1S/C17H27NO2/c1-3-14-9-11-18(12-10-14)13-16(19)15-7-5-6-8-17(15)20-4-2/h5-8,14,16,19H,3-4,9-13H2,1-2H3. The van der Waals surface area contributed by atoms with Crippen LogP contribution in [0.1, 0.15) is 44.8 Å². The fourth-order valence-corrected chi connectivity index (χ4v) is 2.96. The van der Waals surface area contributed by atoms with Gasteiger partial charge in [0, 0.05) is 12.1 Å². The van der Waals surface area contributed by atoms with E-state index < -0.39 is 6.10 Å². The Hall–Kier alpha value is -1.06. The summed E-state index contributed by atoms with van der Waals surface area (Å²) in [5.74, 6) is 1.69. The fourth-order valence-electron chi connectivity index (χ4n) is 2.96. The lowest BCUT2D eigenvalue weighted by Crippen LogP contribution is -2.36. The van der Waals surface area contributed by atoms with E-state index in [9.17, 15) is 5.11 Å². The number of hydrogen-bond donors (Lipinski definition) is 1. The minimum atomic E-state index is -0.462. The highest BCUT2D eigenvalue weighted by atomic mass is 16.5. The molecule has 0 saturated carbocycles. The number of likely N-dealkylation sites (tertiary alicyclic amines) is 1. The number of aliphatic hydroxyl groups is 1. The molecule has 1 saturated heterocycles. The lowest BCUT2D eigenvalue weighted by Gasteiger charge is -2.33. The van der Waals surface area contributed by atoms with Crippen molar-refractivity contribution < 1.29 is 9.84 Å². The first-order chi connectivity index (χ1) is 9.74. The molecule has 112 valence electrons. The van der Waals surface area contributed by atoms with E-state index in [4.69, 9.17) is 4.74 Å². The molecule has 1 unspecified atom stereocenters. The summed E-state index contributed by atoms with van der Waals surface area (Å²) in [6.45, 7) is 7.79. The molecule has 0 bridgehead atoms. The zero-order valence-electron chi connectivity index (χ0n) is 12.7. The quantitative estimate of drug-likeness (QED) is 0.866. The summed E-state index contributed by atoms with van der Waals surface area (Å²) in [5.41, 5.74) is 0.909. The second kappa shape index (κ2) is 7.65. The van der Waals surface area contributed by atoms with Crippen LogP contribution in [-0.4, -0.2) is 36.2 Å². The van der Waals surface area contributed by atoms with Crippen LogP contribution in [0.15, 0.2) is 24.3 Å². The van der Waals surface area contributed by atoms with E-state index in [1.807, 2.05) is 31.2 Å². The van der Waals surface area contributed by atoms with Gasteiger partial charge >= 0.3 is 0 Å². The van der Waals surface area contributed by atoms with E-state index in [1.54, 1.807) is 0 Å². The average Bonchev–Trinajstić information content (AvgIpc) is 2.49. The number of β-amino-alcohol motifs (C(OH)–C–C–N with tert-alkyl or cyclic N) is 1. The van der Waals surface area contributed by atoms with E-state index >= 15 is 0 Å². The van der Waals surface area contributed by atoms with Gasteiger partial charge in [0.05, 0.1) is 12.7 Å². The van der Waals surface area contributed by atoms with E-state index in [-0.39, 0.29) is 0 Å². The number of hydrogen-bond acceptors (Lipinski definition) is 3. The molecule has 0 amide bonds. The Bertz CT molecular complexity index is 400. The second-order valence-corrected chi connectivity index (χ2v) is 5.64. The number of benzene rings is 1. The zero-order valence-corrected chi connectivity index (χ0v) is 12.7. The fraction of sp³-hybridized carbons (Fsp3) is 0.647. The van der Waals surface area contributed by atoms with Gasteiger partial charge in [-0.3, -0.25) is 0 Å². The molecule has 3 heteroatoms. The Morgan fingerprint density at radius 2 is 1.95 bits per heavy atom. The molecule has 0 aromatic heterocycles. The van der Waals surface area contributed by atoms with Gasteiger partial charge in [-0.25, -0.2) is 0 Å².